The molecule has 0 saturated carbocycles. The van der Waals surface area contributed by atoms with Gasteiger partial charge in [-0.2, -0.15) is 4.73 Å². The fourth-order valence-electron chi connectivity index (χ4n) is 2.64. The number of carbonyl (C=O) groups is 1. The molecule has 7 nitrogen and oxygen atoms in total. The minimum atomic E-state index is -0.362. The Bertz CT molecular complexity index is 986. The molecule has 0 fully saturated rings. The maximum absolute atomic E-state index is 12.2. The van der Waals surface area contributed by atoms with Gasteiger partial charge in [0.05, 0.1) is 5.69 Å². The van der Waals surface area contributed by atoms with Gasteiger partial charge in [-0.25, -0.2) is 4.98 Å². The molecule has 1 aromatic carbocycles. The quantitative estimate of drug-likeness (QED) is 0.564. The number of pyridine rings is 1. The van der Waals surface area contributed by atoms with Crippen LogP contribution in [0.5, 0.6) is 11.5 Å². The molecule has 0 unspecified atom stereocenters. The molecule has 132 valence electrons. The third-order valence-corrected chi connectivity index (χ3v) is 5.02. The third-order valence-electron chi connectivity index (χ3n) is 3.95. The summed E-state index contributed by atoms with van der Waals surface area (Å²) < 4.78 is 11.3. The summed E-state index contributed by atoms with van der Waals surface area (Å²) in [6.07, 6.45) is 3.24. The highest BCUT2D eigenvalue weighted by Gasteiger charge is 2.16. The van der Waals surface area contributed by atoms with Gasteiger partial charge in [-0.1, -0.05) is 6.07 Å². The molecule has 26 heavy (non-hydrogen) atoms. The highest BCUT2D eigenvalue weighted by atomic mass is 32.1. The number of carbonyl (C=O) groups excluding carboxylic acids is 1. The molecule has 0 spiro atoms. The van der Waals surface area contributed by atoms with E-state index in [9.17, 15) is 10.0 Å². The summed E-state index contributed by atoms with van der Waals surface area (Å²) in [5.74, 6) is 1.13. The number of fused-ring (bicyclic) bond motifs is 1. The zero-order valence-corrected chi connectivity index (χ0v) is 14.7. The van der Waals surface area contributed by atoms with Gasteiger partial charge in [0, 0.05) is 17.4 Å². The highest BCUT2D eigenvalue weighted by molar-refractivity contribution is 7.15. The highest BCUT2D eigenvalue weighted by Crippen LogP contribution is 2.34. The molecule has 8 heteroatoms. The van der Waals surface area contributed by atoms with E-state index in [4.69, 9.17) is 9.47 Å². The first-order valence-electron chi connectivity index (χ1n) is 7.93. The van der Waals surface area contributed by atoms with Crippen LogP contribution in [0.2, 0.25) is 0 Å². The van der Waals surface area contributed by atoms with E-state index >= 15 is 0 Å². The predicted octanol–water partition coefficient (Wildman–Crippen LogP) is 2.66. The van der Waals surface area contributed by atoms with Crippen LogP contribution in [0.15, 0.2) is 42.7 Å². The molecule has 0 atom stereocenters. The second-order valence-corrected chi connectivity index (χ2v) is 6.88. The standard InChI is InChI=1S/C18H15N3O4S/c1-11-16(8-12-4-5-14-15(7-12)25-10-24-14)26-18(19-11)20-17(22)13-3-2-6-21(23)9-13/h2-7,9H,8,10H2,1H3,(H,19,20,22). The lowest BCUT2D eigenvalue weighted by Gasteiger charge is -2.02. The first-order chi connectivity index (χ1) is 12.6. The number of hydrogen-bond acceptors (Lipinski definition) is 6. The van der Waals surface area contributed by atoms with Crippen LogP contribution in [-0.2, 0) is 6.42 Å². The Morgan fingerprint density at radius 2 is 2.19 bits per heavy atom. The van der Waals surface area contributed by atoms with Crippen LogP contribution in [0.25, 0.3) is 0 Å². The summed E-state index contributed by atoms with van der Waals surface area (Å²) in [4.78, 5) is 17.7. The Hall–Kier alpha value is -3.13. The Morgan fingerprint density at radius 3 is 3.04 bits per heavy atom. The largest absolute Gasteiger partial charge is 0.619 e. The zero-order chi connectivity index (χ0) is 18.1. The van der Waals surface area contributed by atoms with Crippen LogP contribution in [0.3, 0.4) is 0 Å². The first-order valence-corrected chi connectivity index (χ1v) is 8.75. The fraction of sp³-hybridized carbons (Fsp3) is 0.167. The second kappa shape index (κ2) is 6.64. The molecule has 0 saturated heterocycles. The van der Waals surface area contributed by atoms with Crippen LogP contribution in [0, 0.1) is 12.1 Å². The van der Waals surface area contributed by atoms with Gasteiger partial charge in [-0.15, -0.1) is 11.3 Å². The smallest absolute Gasteiger partial charge is 0.263 e. The number of nitrogens with zero attached hydrogens (tertiary/aromatic N) is 2. The summed E-state index contributed by atoms with van der Waals surface area (Å²) in [6, 6.07) is 8.95. The van der Waals surface area contributed by atoms with Gasteiger partial charge in [0.2, 0.25) is 6.79 Å². The number of thiazole rings is 1. The van der Waals surface area contributed by atoms with E-state index in [-0.39, 0.29) is 18.3 Å². The third kappa shape index (κ3) is 3.31. The first kappa shape index (κ1) is 16.3. The average molecular weight is 369 g/mol. The molecular weight excluding hydrogens is 354 g/mol. The Balaban J connectivity index is 1.49. The lowest BCUT2D eigenvalue weighted by molar-refractivity contribution is -0.605. The van der Waals surface area contributed by atoms with Crippen molar-refractivity contribution in [2.45, 2.75) is 13.3 Å². The molecule has 3 heterocycles. The Morgan fingerprint density at radius 1 is 1.35 bits per heavy atom. The topological polar surface area (TPSA) is 87.4 Å². The Labute approximate surface area is 153 Å². The van der Waals surface area contributed by atoms with E-state index in [1.165, 1.54) is 29.8 Å². The molecule has 0 bridgehead atoms. The zero-order valence-electron chi connectivity index (χ0n) is 13.9. The molecule has 0 radical (unpaired) electrons. The van der Waals surface area contributed by atoms with Crippen molar-refractivity contribution >= 4 is 22.4 Å². The summed E-state index contributed by atoms with van der Waals surface area (Å²) in [5, 5.41) is 14.5. The molecular formula is C18H15N3O4S. The number of aromatic nitrogens is 2. The molecule has 1 aliphatic rings. The molecule has 2 aromatic heterocycles. The van der Waals surface area contributed by atoms with Crippen LogP contribution in [0.4, 0.5) is 5.13 Å². The van der Waals surface area contributed by atoms with Gasteiger partial charge in [-0.3, -0.25) is 10.1 Å². The fourth-order valence-corrected chi connectivity index (χ4v) is 3.63. The van der Waals surface area contributed by atoms with Gasteiger partial charge in [-0.05, 0) is 30.7 Å². The van der Waals surface area contributed by atoms with Gasteiger partial charge in [0.25, 0.3) is 5.91 Å². The maximum atomic E-state index is 12.2. The molecule has 4 rings (SSSR count). The average Bonchev–Trinajstić information content (AvgIpc) is 3.21. The minimum absolute atomic E-state index is 0.247. The van der Waals surface area contributed by atoms with Crippen LogP contribution in [-0.4, -0.2) is 17.7 Å². The number of amides is 1. The summed E-state index contributed by atoms with van der Waals surface area (Å²) in [7, 11) is 0. The molecule has 1 N–H and O–H groups in total. The molecule has 3 aromatic rings. The van der Waals surface area contributed by atoms with Crippen molar-refractivity contribution < 1.29 is 19.0 Å². The van der Waals surface area contributed by atoms with E-state index in [0.29, 0.717) is 16.3 Å². The monoisotopic (exact) mass is 369 g/mol. The van der Waals surface area contributed by atoms with Crippen LogP contribution in [0.1, 0.15) is 26.5 Å². The van der Waals surface area contributed by atoms with Crippen molar-refractivity contribution in [1.29, 1.82) is 0 Å². The SMILES string of the molecule is Cc1nc(NC(=O)c2ccc[n+]([O-])c2)sc1Cc1ccc2c(c1)OCO2. The number of benzene rings is 1. The van der Waals surface area contributed by atoms with Crippen molar-refractivity contribution in [3.05, 3.63) is 69.6 Å². The lowest BCUT2D eigenvalue weighted by Crippen LogP contribution is -2.27. The van der Waals surface area contributed by atoms with E-state index in [1.54, 1.807) is 6.07 Å². The number of rotatable bonds is 4. The molecule has 0 aliphatic carbocycles. The van der Waals surface area contributed by atoms with Crippen molar-refractivity contribution in [3.63, 3.8) is 0 Å². The number of hydrogen-bond donors (Lipinski definition) is 1. The van der Waals surface area contributed by atoms with Gasteiger partial charge >= 0.3 is 0 Å². The molecule has 1 amide bonds. The van der Waals surface area contributed by atoms with E-state index in [2.05, 4.69) is 10.3 Å². The normalized spacial score (nSPS) is 12.2. The van der Waals surface area contributed by atoms with Gasteiger partial charge in [0.1, 0.15) is 5.56 Å². The summed E-state index contributed by atoms with van der Waals surface area (Å²) in [6.45, 7) is 2.15. The van der Waals surface area contributed by atoms with Crippen LogP contribution < -0.4 is 19.5 Å². The number of nitrogens with one attached hydrogen (secondary N) is 1. The number of aryl methyl sites for hydroxylation is 1. The van der Waals surface area contributed by atoms with Crippen molar-refractivity contribution in [2.75, 3.05) is 12.1 Å². The lowest BCUT2D eigenvalue weighted by atomic mass is 10.1. The minimum Gasteiger partial charge on any atom is -0.619 e. The number of anilines is 1. The van der Waals surface area contributed by atoms with Crippen molar-refractivity contribution in [3.8, 4) is 11.5 Å². The summed E-state index contributed by atoms with van der Waals surface area (Å²) >= 11 is 1.41. The van der Waals surface area contributed by atoms with Gasteiger partial charge in [0.15, 0.2) is 29.0 Å². The van der Waals surface area contributed by atoms with Crippen molar-refractivity contribution in [2.24, 2.45) is 0 Å². The maximum Gasteiger partial charge on any atom is 0.263 e. The summed E-state index contributed by atoms with van der Waals surface area (Å²) in [5.41, 5.74) is 2.22. The van der Waals surface area contributed by atoms with Crippen molar-refractivity contribution in [1.82, 2.24) is 4.98 Å². The van der Waals surface area contributed by atoms with E-state index in [1.807, 2.05) is 25.1 Å². The van der Waals surface area contributed by atoms with E-state index in [0.717, 1.165) is 27.6 Å². The Kier molecular flexibility index (Phi) is 4.18. The van der Waals surface area contributed by atoms with E-state index < -0.39 is 0 Å². The number of ether oxygens (including phenoxy) is 2. The molecule has 1 aliphatic heterocycles. The second-order valence-electron chi connectivity index (χ2n) is 5.80. The predicted molar refractivity (Wildman–Crippen MR) is 95.6 cm³/mol. The van der Waals surface area contributed by atoms with Crippen LogP contribution >= 0.6 is 11.3 Å². The van der Waals surface area contributed by atoms with Gasteiger partial charge < -0.3 is 14.7 Å².